The molecule has 6 heteroatoms. The Morgan fingerprint density at radius 1 is 1.30 bits per heavy atom. The van der Waals surface area contributed by atoms with Gasteiger partial charge in [0.25, 0.3) is 5.91 Å². The van der Waals surface area contributed by atoms with E-state index in [9.17, 15) is 4.79 Å². The molecule has 1 aliphatic carbocycles. The molecule has 2 heterocycles. The molecule has 23 heavy (non-hydrogen) atoms. The van der Waals surface area contributed by atoms with E-state index in [0.29, 0.717) is 24.2 Å². The maximum absolute atomic E-state index is 12.3. The van der Waals surface area contributed by atoms with Gasteiger partial charge >= 0.3 is 0 Å². The molecule has 6 nitrogen and oxygen atoms in total. The van der Waals surface area contributed by atoms with Gasteiger partial charge in [0, 0.05) is 30.7 Å². The Bertz CT molecular complexity index is 668. The summed E-state index contributed by atoms with van der Waals surface area (Å²) in [7, 11) is 0. The van der Waals surface area contributed by atoms with E-state index in [1.165, 1.54) is 12.8 Å². The van der Waals surface area contributed by atoms with Crippen molar-refractivity contribution in [3.63, 3.8) is 0 Å². The minimum atomic E-state index is -0.200. The number of carbonyl (C=O) groups is 1. The number of hydrogen-bond donors (Lipinski definition) is 2. The van der Waals surface area contributed by atoms with Gasteiger partial charge in [-0.25, -0.2) is 9.97 Å². The van der Waals surface area contributed by atoms with E-state index >= 15 is 0 Å². The highest BCUT2D eigenvalue weighted by atomic mass is 16.1. The Hall–Kier alpha value is -2.50. The van der Waals surface area contributed by atoms with Crippen molar-refractivity contribution in [2.75, 3.05) is 5.32 Å². The second kappa shape index (κ2) is 7.17. The highest BCUT2D eigenvalue weighted by molar-refractivity contribution is 5.92. The van der Waals surface area contributed by atoms with Crippen LogP contribution < -0.4 is 10.6 Å². The summed E-state index contributed by atoms with van der Waals surface area (Å²) in [5.74, 6) is 0.345. The number of anilines is 1. The largest absolute Gasteiger partial charge is 0.351 e. The molecule has 2 N–H and O–H groups in total. The van der Waals surface area contributed by atoms with Crippen LogP contribution in [0, 0.1) is 6.92 Å². The predicted octanol–water partition coefficient (Wildman–Crippen LogP) is 2.46. The number of hydrogen-bond acceptors (Lipinski definition) is 5. The van der Waals surface area contributed by atoms with Crippen molar-refractivity contribution in [2.45, 2.75) is 45.2 Å². The first kappa shape index (κ1) is 15.4. The topological polar surface area (TPSA) is 79.8 Å². The molecule has 2 aromatic rings. The van der Waals surface area contributed by atoms with Gasteiger partial charge in [0.15, 0.2) is 0 Å². The minimum absolute atomic E-state index is 0.200. The molecular weight excluding hydrogens is 290 g/mol. The standard InChI is InChI=1S/C17H21N5O/c1-12-9-15(16(23)19-11-13-5-4-8-18-10-13)22-17(20-12)21-14-6-2-3-7-14/h4-5,8-10,14H,2-3,6-7,11H2,1H3,(H,19,23)(H,20,21,22). The molecule has 0 saturated heterocycles. The molecule has 1 saturated carbocycles. The van der Waals surface area contributed by atoms with Crippen LogP contribution >= 0.6 is 0 Å². The van der Waals surface area contributed by atoms with Crippen LogP contribution in [0.1, 0.15) is 47.4 Å². The van der Waals surface area contributed by atoms with Crippen molar-refractivity contribution < 1.29 is 4.79 Å². The van der Waals surface area contributed by atoms with Gasteiger partial charge < -0.3 is 10.6 Å². The number of amides is 1. The lowest BCUT2D eigenvalue weighted by Crippen LogP contribution is -2.25. The molecule has 3 rings (SSSR count). The van der Waals surface area contributed by atoms with E-state index in [0.717, 1.165) is 24.1 Å². The molecule has 0 atom stereocenters. The molecule has 0 unspecified atom stereocenters. The molecule has 0 bridgehead atoms. The number of aryl methyl sites for hydroxylation is 1. The first-order valence-electron chi connectivity index (χ1n) is 8.00. The Balaban J connectivity index is 1.66. The lowest BCUT2D eigenvalue weighted by molar-refractivity contribution is 0.0945. The van der Waals surface area contributed by atoms with E-state index in [1.807, 2.05) is 19.1 Å². The number of nitrogens with zero attached hydrogens (tertiary/aromatic N) is 3. The van der Waals surface area contributed by atoms with Gasteiger partial charge in [0.2, 0.25) is 5.95 Å². The van der Waals surface area contributed by atoms with Crippen LogP contribution in [-0.4, -0.2) is 26.9 Å². The van der Waals surface area contributed by atoms with Crippen LogP contribution in [0.4, 0.5) is 5.95 Å². The van der Waals surface area contributed by atoms with E-state index in [2.05, 4.69) is 25.6 Å². The highest BCUT2D eigenvalue weighted by Crippen LogP contribution is 2.21. The average Bonchev–Trinajstić information content (AvgIpc) is 3.06. The summed E-state index contributed by atoms with van der Waals surface area (Å²) in [6.45, 7) is 2.31. The lowest BCUT2D eigenvalue weighted by Gasteiger charge is -2.13. The van der Waals surface area contributed by atoms with Crippen LogP contribution in [-0.2, 0) is 6.54 Å². The summed E-state index contributed by atoms with van der Waals surface area (Å²) >= 11 is 0. The summed E-state index contributed by atoms with van der Waals surface area (Å²) in [6.07, 6.45) is 8.20. The van der Waals surface area contributed by atoms with Gasteiger partial charge in [-0.1, -0.05) is 18.9 Å². The summed E-state index contributed by atoms with van der Waals surface area (Å²) in [5, 5.41) is 6.20. The molecule has 0 aromatic carbocycles. The fourth-order valence-electron chi connectivity index (χ4n) is 2.78. The van der Waals surface area contributed by atoms with Gasteiger partial charge in [0.1, 0.15) is 5.69 Å². The molecule has 120 valence electrons. The smallest absolute Gasteiger partial charge is 0.270 e. The fourth-order valence-corrected chi connectivity index (χ4v) is 2.78. The van der Waals surface area contributed by atoms with Gasteiger partial charge in [0.05, 0.1) is 0 Å². The Morgan fingerprint density at radius 3 is 2.87 bits per heavy atom. The Morgan fingerprint density at radius 2 is 2.13 bits per heavy atom. The number of rotatable bonds is 5. The van der Waals surface area contributed by atoms with Gasteiger partial charge in [-0.3, -0.25) is 9.78 Å². The number of carbonyl (C=O) groups excluding carboxylic acids is 1. The second-order valence-corrected chi connectivity index (χ2v) is 5.89. The zero-order valence-electron chi connectivity index (χ0n) is 13.2. The summed E-state index contributed by atoms with van der Waals surface area (Å²) in [4.78, 5) is 25.1. The molecule has 2 aromatic heterocycles. The minimum Gasteiger partial charge on any atom is -0.351 e. The maximum atomic E-state index is 12.3. The van der Waals surface area contributed by atoms with E-state index < -0.39 is 0 Å². The zero-order valence-corrected chi connectivity index (χ0v) is 13.2. The van der Waals surface area contributed by atoms with Crippen molar-refractivity contribution in [3.05, 3.63) is 47.5 Å². The third kappa shape index (κ3) is 4.25. The molecule has 0 aliphatic heterocycles. The zero-order chi connectivity index (χ0) is 16.1. The highest BCUT2D eigenvalue weighted by Gasteiger charge is 2.17. The summed E-state index contributed by atoms with van der Waals surface area (Å²) in [6, 6.07) is 5.90. The monoisotopic (exact) mass is 311 g/mol. The molecule has 1 aliphatic rings. The normalized spacial score (nSPS) is 14.7. The quantitative estimate of drug-likeness (QED) is 0.886. The first-order chi connectivity index (χ1) is 11.2. The summed E-state index contributed by atoms with van der Waals surface area (Å²) in [5.41, 5.74) is 2.13. The van der Waals surface area contributed by atoms with Crippen LogP contribution in [0.5, 0.6) is 0 Å². The third-order valence-corrected chi connectivity index (χ3v) is 3.95. The van der Waals surface area contributed by atoms with Crippen molar-refractivity contribution >= 4 is 11.9 Å². The third-order valence-electron chi connectivity index (χ3n) is 3.95. The first-order valence-corrected chi connectivity index (χ1v) is 8.00. The molecule has 1 amide bonds. The van der Waals surface area contributed by atoms with Gasteiger partial charge in [-0.2, -0.15) is 0 Å². The maximum Gasteiger partial charge on any atom is 0.270 e. The number of aromatic nitrogens is 3. The summed E-state index contributed by atoms with van der Waals surface area (Å²) < 4.78 is 0. The van der Waals surface area contributed by atoms with Crippen molar-refractivity contribution in [1.29, 1.82) is 0 Å². The SMILES string of the molecule is Cc1cc(C(=O)NCc2cccnc2)nc(NC2CCCC2)n1. The van der Waals surface area contributed by atoms with E-state index in [1.54, 1.807) is 18.5 Å². The van der Waals surface area contributed by atoms with Gasteiger partial charge in [-0.15, -0.1) is 0 Å². The Kier molecular flexibility index (Phi) is 4.80. The van der Waals surface area contributed by atoms with Crippen molar-refractivity contribution in [3.8, 4) is 0 Å². The van der Waals surface area contributed by atoms with Crippen molar-refractivity contribution in [1.82, 2.24) is 20.3 Å². The van der Waals surface area contributed by atoms with Crippen molar-refractivity contribution in [2.24, 2.45) is 0 Å². The fraction of sp³-hybridized carbons (Fsp3) is 0.412. The molecule has 1 fully saturated rings. The lowest BCUT2D eigenvalue weighted by atomic mass is 10.2. The molecule has 0 spiro atoms. The van der Waals surface area contributed by atoms with Gasteiger partial charge in [-0.05, 0) is 37.5 Å². The van der Waals surface area contributed by atoms with Crippen LogP contribution in [0.3, 0.4) is 0 Å². The molecule has 0 radical (unpaired) electrons. The van der Waals surface area contributed by atoms with E-state index in [-0.39, 0.29) is 5.91 Å². The van der Waals surface area contributed by atoms with E-state index in [4.69, 9.17) is 0 Å². The van der Waals surface area contributed by atoms with Crippen LogP contribution in [0.15, 0.2) is 30.6 Å². The average molecular weight is 311 g/mol. The second-order valence-electron chi connectivity index (χ2n) is 5.89. The molecular formula is C17H21N5O. The van der Waals surface area contributed by atoms with Crippen LogP contribution in [0.2, 0.25) is 0 Å². The number of nitrogens with one attached hydrogen (secondary N) is 2. The Labute approximate surface area is 135 Å². The number of pyridine rings is 1. The predicted molar refractivity (Wildman–Crippen MR) is 88.1 cm³/mol. The van der Waals surface area contributed by atoms with Crippen LogP contribution in [0.25, 0.3) is 0 Å².